The molecule has 102 valence electrons. The number of hydrogen-bond donors (Lipinski definition) is 2. The molecule has 2 N–H and O–H groups in total. The SMILES string of the molecule is CCC(NC1CCCC1(C)CO)c1cnn(C)c1. The Hall–Kier alpha value is -0.870. The van der Waals surface area contributed by atoms with E-state index in [-0.39, 0.29) is 12.0 Å². The molecule has 0 aromatic carbocycles. The van der Waals surface area contributed by atoms with Crippen molar-refractivity contribution in [2.75, 3.05) is 6.61 Å². The van der Waals surface area contributed by atoms with Crippen LogP contribution in [0.5, 0.6) is 0 Å². The molecule has 4 heteroatoms. The molecule has 18 heavy (non-hydrogen) atoms. The van der Waals surface area contributed by atoms with Crippen LogP contribution in [-0.4, -0.2) is 27.5 Å². The first-order valence-corrected chi connectivity index (χ1v) is 6.94. The monoisotopic (exact) mass is 251 g/mol. The summed E-state index contributed by atoms with van der Waals surface area (Å²) >= 11 is 0. The number of aryl methyl sites for hydroxylation is 1. The van der Waals surface area contributed by atoms with Crippen molar-refractivity contribution in [1.82, 2.24) is 15.1 Å². The van der Waals surface area contributed by atoms with Crippen LogP contribution in [0.1, 0.15) is 51.1 Å². The van der Waals surface area contributed by atoms with Gasteiger partial charge in [-0.15, -0.1) is 0 Å². The second kappa shape index (κ2) is 5.41. The molecule has 4 nitrogen and oxygen atoms in total. The van der Waals surface area contributed by atoms with Crippen LogP contribution in [0, 0.1) is 5.41 Å². The first kappa shape index (κ1) is 13.6. The molecule has 1 saturated carbocycles. The van der Waals surface area contributed by atoms with Crippen molar-refractivity contribution in [2.24, 2.45) is 12.5 Å². The van der Waals surface area contributed by atoms with Gasteiger partial charge in [0.1, 0.15) is 0 Å². The standard InChI is InChI=1S/C14H25N3O/c1-4-12(11-8-15-17(3)9-11)16-13-6-5-7-14(13,2)10-18/h8-9,12-13,16,18H,4-7,10H2,1-3H3. The molecule has 1 heterocycles. The lowest BCUT2D eigenvalue weighted by atomic mass is 9.85. The van der Waals surface area contributed by atoms with Crippen molar-refractivity contribution >= 4 is 0 Å². The van der Waals surface area contributed by atoms with Gasteiger partial charge in [-0.05, 0) is 19.3 Å². The molecule has 3 unspecified atom stereocenters. The third-order valence-electron chi connectivity index (χ3n) is 4.38. The van der Waals surface area contributed by atoms with E-state index in [1.807, 2.05) is 17.9 Å². The minimum Gasteiger partial charge on any atom is -0.396 e. The summed E-state index contributed by atoms with van der Waals surface area (Å²) in [6, 6.07) is 0.750. The van der Waals surface area contributed by atoms with Gasteiger partial charge in [-0.2, -0.15) is 5.10 Å². The quantitative estimate of drug-likeness (QED) is 0.841. The van der Waals surface area contributed by atoms with Crippen molar-refractivity contribution in [1.29, 1.82) is 0 Å². The molecule has 1 aliphatic rings. The highest BCUT2D eigenvalue weighted by Crippen LogP contribution is 2.38. The van der Waals surface area contributed by atoms with Crippen molar-refractivity contribution in [3.63, 3.8) is 0 Å². The van der Waals surface area contributed by atoms with Crippen molar-refractivity contribution < 1.29 is 5.11 Å². The van der Waals surface area contributed by atoms with Gasteiger partial charge in [0.15, 0.2) is 0 Å². The zero-order chi connectivity index (χ0) is 13.2. The Labute approximate surface area is 109 Å². The van der Waals surface area contributed by atoms with Gasteiger partial charge in [0.05, 0.1) is 6.20 Å². The van der Waals surface area contributed by atoms with Gasteiger partial charge in [0.2, 0.25) is 0 Å². The highest BCUT2D eigenvalue weighted by Gasteiger charge is 2.39. The Morgan fingerprint density at radius 3 is 3.00 bits per heavy atom. The van der Waals surface area contributed by atoms with E-state index >= 15 is 0 Å². The predicted octanol–water partition coefficient (Wildman–Crippen LogP) is 2.01. The smallest absolute Gasteiger partial charge is 0.0537 e. The van der Waals surface area contributed by atoms with Gasteiger partial charge < -0.3 is 10.4 Å². The normalized spacial score (nSPS) is 29.7. The number of aromatic nitrogens is 2. The zero-order valence-electron chi connectivity index (χ0n) is 11.7. The van der Waals surface area contributed by atoms with Crippen LogP contribution in [0.3, 0.4) is 0 Å². The third kappa shape index (κ3) is 2.59. The van der Waals surface area contributed by atoms with Crippen LogP contribution in [0.15, 0.2) is 12.4 Å². The summed E-state index contributed by atoms with van der Waals surface area (Å²) in [6.45, 7) is 4.65. The van der Waals surface area contributed by atoms with Gasteiger partial charge in [-0.3, -0.25) is 4.68 Å². The van der Waals surface area contributed by atoms with Crippen LogP contribution in [-0.2, 0) is 7.05 Å². The molecule has 1 aromatic rings. The number of nitrogens with one attached hydrogen (secondary N) is 1. The van der Waals surface area contributed by atoms with E-state index in [4.69, 9.17) is 0 Å². The van der Waals surface area contributed by atoms with Crippen molar-refractivity contribution in [3.05, 3.63) is 18.0 Å². The molecule has 0 spiro atoms. The highest BCUT2D eigenvalue weighted by atomic mass is 16.3. The number of hydrogen-bond acceptors (Lipinski definition) is 3. The molecule has 0 bridgehead atoms. The summed E-state index contributed by atoms with van der Waals surface area (Å²) in [4.78, 5) is 0. The first-order valence-electron chi connectivity index (χ1n) is 6.94. The predicted molar refractivity (Wildman–Crippen MR) is 72.2 cm³/mol. The van der Waals surface area contributed by atoms with E-state index in [2.05, 4.69) is 30.5 Å². The van der Waals surface area contributed by atoms with Crippen LogP contribution >= 0.6 is 0 Å². The topological polar surface area (TPSA) is 50.1 Å². The zero-order valence-corrected chi connectivity index (χ0v) is 11.7. The van der Waals surface area contributed by atoms with E-state index in [0.717, 1.165) is 19.3 Å². The number of aliphatic hydroxyl groups excluding tert-OH is 1. The minimum absolute atomic E-state index is 0.0373. The molecule has 1 fully saturated rings. The van der Waals surface area contributed by atoms with Gasteiger partial charge in [-0.1, -0.05) is 20.3 Å². The van der Waals surface area contributed by atoms with Gasteiger partial charge in [0.25, 0.3) is 0 Å². The molecular formula is C14H25N3O. The molecule has 1 aliphatic carbocycles. The summed E-state index contributed by atoms with van der Waals surface area (Å²) in [6.07, 6.45) is 8.54. The largest absolute Gasteiger partial charge is 0.396 e. The van der Waals surface area contributed by atoms with E-state index < -0.39 is 0 Å². The van der Waals surface area contributed by atoms with E-state index in [0.29, 0.717) is 12.1 Å². The van der Waals surface area contributed by atoms with E-state index in [1.54, 1.807) is 0 Å². The summed E-state index contributed by atoms with van der Waals surface area (Å²) in [5.41, 5.74) is 1.28. The fourth-order valence-electron chi connectivity index (χ4n) is 3.02. The van der Waals surface area contributed by atoms with Crippen LogP contribution in [0.4, 0.5) is 0 Å². The molecule has 0 amide bonds. The fraction of sp³-hybridized carbons (Fsp3) is 0.786. The molecular weight excluding hydrogens is 226 g/mol. The summed E-state index contributed by atoms with van der Waals surface area (Å²) in [5, 5.41) is 17.6. The average Bonchev–Trinajstić information content (AvgIpc) is 2.94. The van der Waals surface area contributed by atoms with E-state index in [9.17, 15) is 5.11 Å². The van der Waals surface area contributed by atoms with Crippen LogP contribution in [0.2, 0.25) is 0 Å². The minimum atomic E-state index is 0.0373. The Balaban J connectivity index is 2.07. The number of rotatable bonds is 5. The molecule has 0 radical (unpaired) electrons. The Morgan fingerprint density at radius 2 is 2.44 bits per heavy atom. The third-order valence-corrected chi connectivity index (χ3v) is 4.38. The van der Waals surface area contributed by atoms with E-state index in [1.165, 1.54) is 12.0 Å². The second-order valence-electron chi connectivity index (χ2n) is 5.83. The maximum atomic E-state index is 9.60. The maximum Gasteiger partial charge on any atom is 0.0537 e. The average molecular weight is 251 g/mol. The first-order chi connectivity index (χ1) is 8.59. The lowest BCUT2D eigenvalue weighted by Gasteiger charge is -2.33. The fourth-order valence-corrected chi connectivity index (χ4v) is 3.02. The highest BCUT2D eigenvalue weighted by molar-refractivity contribution is 5.11. The molecule has 2 rings (SSSR count). The summed E-state index contributed by atoms with van der Waals surface area (Å²) in [5.74, 6) is 0. The number of aliphatic hydroxyl groups is 1. The second-order valence-corrected chi connectivity index (χ2v) is 5.83. The Bertz CT molecular complexity index is 390. The van der Waals surface area contributed by atoms with Gasteiger partial charge in [0, 0.05) is 42.9 Å². The summed E-state index contributed by atoms with van der Waals surface area (Å²) in [7, 11) is 1.95. The molecule has 0 saturated heterocycles. The van der Waals surface area contributed by atoms with Gasteiger partial charge >= 0.3 is 0 Å². The Kier molecular flexibility index (Phi) is 4.07. The summed E-state index contributed by atoms with van der Waals surface area (Å²) < 4.78 is 1.85. The lowest BCUT2D eigenvalue weighted by Crippen LogP contribution is -2.43. The van der Waals surface area contributed by atoms with Crippen molar-refractivity contribution in [3.8, 4) is 0 Å². The maximum absolute atomic E-state index is 9.60. The van der Waals surface area contributed by atoms with Crippen molar-refractivity contribution in [2.45, 2.75) is 51.6 Å². The Morgan fingerprint density at radius 1 is 1.67 bits per heavy atom. The molecule has 1 aromatic heterocycles. The van der Waals surface area contributed by atoms with Gasteiger partial charge in [-0.25, -0.2) is 0 Å². The molecule has 3 atom stereocenters. The number of nitrogens with zero attached hydrogens (tertiary/aromatic N) is 2. The molecule has 0 aliphatic heterocycles. The lowest BCUT2D eigenvalue weighted by molar-refractivity contribution is 0.113. The van der Waals surface area contributed by atoms with Crippen LogP contribution in [0.25, 0.3) is 0 Å². The van der Waals surface area contributed by atoms with Crippen LogP contribution < -0.4 is 5.32 Å².